The van der Waals surface area contributed by atoms with E-state index in [9.17, 15) is 9.59 Å². The molecule has 3 heterocycles. The summed E-state index contributed by atoms with van der Waals surface area (Å²) in [5, 5.41) is 12.1. The molecule has 0 atom stereocenters. The van der Waals surface area contributed by atoms with E-state index >= 15 is 0 Å². The number of piperidine rings is 1. The first-order valence-corrected chi connectivity index (χ1v) is 10.3. The summed E-state index contributed by atoms with van der Waals surface area (Å²) in [6.07, 6.45) is 5.49. The molecule has 4 rings (SSSR count). The lowest BCUT2D eigenvalue weighted by Crippen LogP contribution is -2.34. The molecule has 0 aliphatic carbocycles. The Kier molecular flexibility index (Phi) is 6.32. The van der Waals surface area contributed by atoms with Crippen LogP contribution >= 0.6 is 0 Å². The van der Waals surface area contributed by atoms with Gasteiger partial charge in [-0.25, -0.2) is 4.99 Å². The number of anilines is 1. The Labute approximate surface area is 180 Å². The van der Waals surface area contributed by atoms with Crippen molar-refractivity contribution in [2.24, 2.45) is 4.99 Å². The number of pyridine rings is 1. The van der Waals surface area contributed by atoms with E-state index in [0.717, 1.165) is 37.4 Å². The fourth-order valence-electron chi connectivity index (χ4n) is 3.48. The summed E-state index contributed by atoms with van der Waals surface area (Å²) in [5.41, 5.74) is 1.70. The first kappa shape index (κ1) is 20.7. The first-order chi connectivity index (χ1) is 15.1. The maximum atomic E-state index is 12.7. The number of aliphatic imine (C=N–C) groups is 1. The largest absolute Gasteiger partial charge is 0.490 e. The highest BCUT2D eigenvalue weighted by Gasteiger charge is 2.16. The molecular weight excluding hydrogens is 396 g/mol. The van der Waals surface area contributed by atoms with E-state index in [1.807, 2.05) is 0 Å². The number of aromatic nitrogens is 1. The van der Waals surface area contributed by atoms with E-state index in [4.69, 9.17) is 4.74 Å². The summed E-state index contributed by atoms with van der Waals surface area (Å²) in [6.45, 7) is 2.42. The van der Waals surface area contributed by atoms with Gasteiger partial charge in [0.15, 0.2) is 0 Å². The second-order valence-electron chi connectivity index (χ2n) is 7.40. The van der Waals surface area contributed by atoms with Gasteiger partial charge in [0.1, 0.15) is 23.4 Å². The average Bonchev–Trinajstić information content (AvgIpc) is 2.81. The van der Waals surface area contributed by atoms with Gasteiger partial charge in [0.2, 0.25) is 0 Å². The lowest BCUT2D eigenvalue weighted by Gasteiger charge is -2.23. The van der Waals surface area contributed by atoms with Crippen molar-refractivity contribution in [3.63, 3.8) is 0 Å². The van der Waals surface area contributed by atoms with E-state index < -0.39 is 0 Å². The monoisotopic (exact) mass is 422 g/mol. The number of ether oxygens (including phenoxy) is 1. The smallest absolute Gasteiger partial charge is 0.271 e. The molecule has 1 aromatic carbocycles. The molecule has 2 aliphatic rings. The van der Waals surface area contributed by atoms with Crippen LogP contribution < -0.4 is 31.6 Å². The van der Waals surface area contributed by atoms with Crippen LogP contribution in [0.5, 0.6) is 5.75 Å². The van der Waals surface area contributed by atoms with Gasteiger partial charge in [0.05, 0.1) is 12.3 Å². The maximum absolute atomic E-state index is 12.7. The molecule has 2 aromatic rings. The normalized spacial score (nSPS) is 16.5. The topological polar surface area (TPSA) is 120 Å². The number of H-pyrrole nitrogens is 1. The van der Waals surface area contributed by atoms with Crippen molar-refractivity contribution in [2.75, 3.05) is 32.0 Å². The summed E-state index contributed by atoms with van der Waals surface area (Å²) >= 11 is 0. The van der Waals surface area contributed by atoms with Gasteiger partial charge < -0.3 is 31.0 Å². The minimum atomic E-state index is -0.378. The van der Waals surface area contributed by atoms with Crippen LogP contribution in [0.25, 0.3) is 0 Å². The number of amides is 1. The van der Waals surface area contributed by atoms with Gasteiger partial charge in [-0.05, 0) is 56.3 Å². The second kappa shape index (κ2) is 9.48. The van der Waals surface area contributed by atoms with Crippen LogP contribution in [0.3, 0.4) is 0 Å². The van der Waals surface area contributed by atoms with Gasteiger partial charge >= 0.3 is 0 Å². The van der Waals surface area contributed by atoms with E-state index in [1.54, 1.807) is 49.8 Å². The third-order valence-corrected chi connectivity index (χ3v) is 5.21. The third-order valence-electron chi connectivity index (χ3n) is 5.21. The molecule has 9 nitrogen and oxygen atoms in total. The van der Waals surface area contributed by atoms with Crippen LogP contribution in [0.15, 0.2) is 58.3 Å². The Balaban J connectivity index is 1.45. The molecule has 1 fully saturated rings. The van der Waals surface area contributed by atoms with Crippen molar-refractivity contribution >= 4 is 17.3 Å². The Hall–Kier alpha value is -3.59. The second-order valence-corrected chi connectivity index (χ2v) is 7.40. The number of nitrogens with zero attached hydrogens (tertiary/aromatic N) is 1. The summed E-state index contributed by atoms with van der Waals surface area (Å²) in [4.78, 5) is 32.1. The molecule has 0 unspecified atom stereocenters. The quantitative estimate of drug-likeness (QED) is 0.477. The number of aromatic amines is 1. The molecular formula is C22H26N6O3. The number of hydrogen-bond acceptors (Lipinski definition) is 7. The summed E-state index contributed by atoms with van der Waals surface area (Å²) in [6, 6.07) is 8.59. The van der Waals surface area contributed by atoms with Gasteiger partial charge in [-0.2, -0.15) is 0 Å². The molecule has 5 N–H and O–H groups in total. The number of rotatable bonds is 6. The molecule has 0 radical (unpaired) electrons. The number of carbonyl (C=O) groups excluding carboxylic acids is 1. The predicted octanol–water partition coefficient (Wildman–Crippen LogP) is 1.17. The highest BCUT2D eigenvalue weighted by molar-refractivity contribution is 6.06. The van der Waals surface area contributed by atoms with Gasteiger partial charge in [-0.15, -0.1) is 0 Å². The standard InChI is InChI=1S/C22H26N6O3/c1-23-20-13-25-12-19(27-20)15-10-18(22(30)26-11-15)28-21(29)14-2-4-16(5-3-14)31-17-6-8-24-9-7-17/h2-5,10-11,13,17,23-25H,6-9,12H2,1H3,(H,26,30)(H,28,29). The Morgan fingerprint density at radius 3 is 2.71 bits per heavy atom. The zero-order chi connectivity index (χ0) is 21.6. The molecule has 1 saturated heterocycles. The zero-order valence-corrected chi connectivity index (χ0v) is 17.3. The van der Waals surface area contributed by atoms with Gasteiger partial charge in [-0.1, -0.05) is 0 Å². The minimum absolute atomic E-state index is 0.167. The van der Waals surface area contributed by atoms with Gasteiger partial charge in [-0.3, -0.25) is 9.59 Å². The van der Waals surface area contributed by atoms with Crippen molar-refractivity contribution in [1.29, 1.82) is 0 Å². The van der Waals surface area contributed by atoms with Crippen molar-refractivity contribution in [1.82, 2.24) is 20.9 Å². The molecule has 9 heteroatoms. The van der Waals surface area contributed by atoms with Crippen LogP contribution in [-0.2, 0) is 0 Å². The molecule has 1 aromatic heterocycles. The Morgan fingerprint density at radius 1 is 1.19 bits per heavy atom. The van der Waals surface area contributed by atoms with Crippen LogP contribution in [0.2, 0.25) is 0 Å². The molecule has 0 saturated carbocycles. The van der Waals surface area contributed by atoms with Crippen LogP contribution in [0, 0.1) is 0 Å². The molecule has 0 spiro atoms. The third kappa shape index (κ3) is 5.13. The summed E-state index contributed by atoms with van der Waals surface area (Å²) < 4.78 is 5.97. The first-order valence-electron chi connectivity index (χ1n) is 10.3. The fourth-order valence-corrected chi connectivity index (χ4v) is 3.48. The molecule has 0 bridgehead atoms. The predicted molar refractivity (Wildman–Crippen MR) is 120 cm³/mol. The minimum Gasteiger partial charge on any atom is -0.490 e. The fraction of sp³-hybridized carbons (Fsp3) is 0.318. The van der Waals surface area contributed by atoms with Crippen LogP contribution in [0.4, 0.5) is 5.69 Å². The van der Waals surface area contributed by atoms with Crippen LogP contribution in [-0.4, -0.2) is 49.4 Å². The highest BCUT2D eigenvalue weighted by Crippen LogP contribution is 2.18. The zero-order valence-electron chi connectivity index (χ0n) is 17.3. The van der Waals surface area contributed by atoms with Crippen LogP contribution in [0.1, 0.15) is 28.8 Å². The van der Waals surface area contributed by atoms with E-state index in [-0.39, 0.29) is 23.3 Å². The van der Waals surface area contributed by atoms with E-state index in [1.165, 1.54) is 0 Å². The number of nitrogens with one attached hydrogen (secondary N) is 5. The SMILES string of the molecule is CNC1=CNCC(c2c[nH]c(=O)c(NC(=O)c3ccc(OC4CCNCC4)cc3)c2)=N1. The van der Waals surface area contributed by atoms with Crippen molar-refractivity contribution < 1.29 is 9.53 Å². The average molecular weight is 422 g/mol. The summed E-state index contributed by atoms with van der Waals surface area (Å²) in [5.74, 6) is 1.06. The Bertz CT molecular complexity index is 1050. The lowest BCUT2D eigenvalue weighted by molar-refractivity contribution is 0.102. The van der Waals surface area contributed by atoms with E-state index in [0.29, 0.717) is 23.5 Å². The molecule has 31 heavy (non-hydrogen) atoms. The molecule has 162 valence electrons. The number of benzene rings is 1. The van der Waals surface area contributed by atoms with Gasteiger partial charge in [0.25, 0.3) is 11.5 Å². The summed E-state index contributed by atoms with van der Waals surface area (Å²) in [7, 11) is 1.78. The van der Waals surface area contributed by atoms with Crippen molar-refractivity contribution in [3.05, 3.63) is 70.0 Å². The number of hydrogen-bond donors (Lipinski definition) is 5. The molecule has 2 aliphatic heterocycles. The van der Waals surface area contributed by atoms with Gasteiger partial charge in [0, 0.05) is 30.6 Å². The Morgan fingerprint density at radius 2 is 1.97 bits per heavy atom. The lowest BCUT2D eigenvalue weighted by atomic mass is 10.1. The maximum Gasteiger partial charge on any atom is 0.271 e. The van der Waals surface area contributed by atoms with Crippen molar-refractivity contribution in [2.45, 2.75) is 18.9 Å². The van der Waals surface area contributed by atoms with E-state index in [2.05, 4.69) is 31.2 Å². The number of carbonyl (C=O) groups is 1. The van der Waals surface area contributed by atoms with Crippen molar-refractivity contribution in [3.8, 4) is 5.75 Å². The molecule has 1 amide bonds. The highest BCUT2D eigenvalue weighted by atomic mass is 16.5.